The van der Waals surface area contributed by atoms with Gasteiger partial charge >= 0.3 is 5.69 Å². The molecular weight excluding hydrogens is 322 g/mol. The quantitative estimate of drug-likeness (QED) is 0.654. The number of imidazole rings is 1. The lowest BCUT2D eigenvalue weighted by atomic mass is 10.1. The Morgan fingerprint density at radius 1 is 1.04 bits per heavy atom. The van der Waals surface area contributed by atoms with Crippen LogP contribution in [0.2, 0.25) is 0 Å². The lowest BCUT2D eigenvalue weighted by Crippen LogP contribution is -2.37. The van der Waals surface area contributed by atoms with Gasteiger partial charge in [-0.1, -0.05) is 12.1 Å². The highest BCUT2D eigenvalue weighted by atomic mass is 16.2. The minimum absolute atomic E-state index is 0.0205. The van der Waals surface area contributed by atoms with Gasteiger partial charge in [0, 0.05) is 14.1 Å². The van der Waals surface area contributed by atoms with Gasteiger partial charge in [0.2, 0.25) is 5.95 Å². The van der Waals surface area contributed by atoms with Crippen molar-refractivity contribution in [1.82, 2.24) is 18.7 Å². The Morgan fingerprint density at radius 2 is 1.76 bits per heavy atom. The number of amides is 1. The molecule has 1 aliphatic rings. The van der Waals surface area contributed by atoms with Crippen molar-refractivity contribution in [2.24, 2.45) is 14.1 Å². The summed E-state index contributed by atoms with van der Waals surface area (Å²) in [7, 11) is 2.99. The number of benzene rings is 1. The first kappa shape index (κ1) is 15.4. The monoisotopic (exact) mass is 339 g/mol. The number of carbonyl (C=O) groups is 1. The highest BCUT2D eigenvalue weighted by Crippen LogP contribution is 2.35. The molecule has 1 amide bonds. The van der Waals surface area contributed by atoms with E-state index in [1.807, 2.05) is 32.0 Å². The normalized spacial score (nSPS) is 13.8. The van der Waals surface area contributed by atoms with E-state index in [9.17, 15) is 14.4 Å². The number of rotatable bonds is 1. The molecule has 4 rings (SSSR count). The fraction of sp³-hybridized carbons (Fsp3) is 0.294. The van der Waals surface area contributed by atoms with Crippen molar-refractivity contribution in [2.75, 3.05) is 4.90 Å². The zero-order valence-corrected chi connectivity index (χ0v) is 14.4. The summed E-state index contributed by atoms with van der Waals surface area (Å²) in [6.07, 6.45) is 0. The minimum Gasteiger partial charge on any atom is -0.294 e. The third kappa shape index (κ3) is 1.87. The number of nitrogens with zero attached hydrogens (tertiary/aromatic N) is 5. The number of hydrogen-bond donors (Lipinski definition) is 0. The molecule has 3 aromatic rings. The number of hydrogen-bond acceptors (Lipinski definition) is 4. The molecule has 0 aliphatic carbocycles. The molecule has 1 aromatic carbocycles. The van der Waals surface area contributed by atoms with E-state index in [1.54, 1.807) is 11.6 Å². The number of aromatic nitrogens is 4. The maximum atomic E-state index is 12.6. The molecular formula is C17H17N5O3. The molecule has 0 fully saturated rings. The molecule has 128 valence electrons. The van der Waals surface area contributed by atoms with E-state index >= 15 is 0 Å². The van der Waals surface area contributed by atoms with Crippen molar-refractivity contribution in [3.63, 3.8) is 0 Å². The van der Waals surface area contributed by atoms with Crippen molar-refractivity contribution < 1.29 is 4.79 Å². The number of anilines is 2. The number of fused-ring (bicyclic) bond motifs is 3. The molecule has 1 aliphatic heterocycles. The highest BCUT2D eigenvalue weighted by Gasteiger charge is 2.35. The van der Waals surface area contributed by atoms with Gasteiger partial charge < -0.3 is 0 Å². The molecule has 3 heterocycles. The summed E-state index contributed by atoms with van der Waals surface area (Å²) in [6.45, 7) is 3.94. The smallest absolute Gasteiger partial charge is 0.294 e. The predicted octanol–water partition coefficient (Wildman–Crippen LogP) is 0.729. The number of carbonyl (C=O) groups excluding carboxylic acids is 1. The van der Waals surface area contributed by atoms with Crippen molar-refractivity contribution in [3.05, 3.63) is 50.2 Å². The summed E-state index contributed by atoms with van der Waals surface area (Å²) in [6, 6.07) is 5.71. The standard InChI is InChI=1S/C17H17N5O3/c1-9-6-5-7-11(10(9)2)22-12(23)8-21-13-14(18-16(21)22)19(3)17(25)20(4)15(13)24/h5-7H,8H2,1-4H3. The molecule has 2 aromatic heterocycles. The Labute approximate surface area is 142 Å². The molecule has 0 N–H and O–H groups in total. The molecule has 0 saturated carbocycles. The van der Waals surface area contributed by atoms with Crippen LogP contribution in [0.3, 0.4) is 0 Å². The summed E-state index contributed by atoms with van der Waals surface area (Å²) in [5.41, 5.74) is 2.42. The zero-order valence-electron chi connectivity index (χ0n) is 14.4. The van der Waals surface area contributed by atoms with Crippen LogP contribution in [-0.2, 0) is 25.4 Å². The van der Waals surface area contributed by atoms with Crippen molar-refractivity contribution in [1.29, 1.82) is 0 Å². The maximum Gasteiger partial charge on any atom is 0.332 e. The fourth-order valence-electron chi connectivity index (χ4n) is 3.29. The van der Waals surface area contributed by atoms with E-state index in [4.69, 9.17) is 0 Å². The lowest BCUT2D eigenvalue weighted by molar-refractivity contribution is -0.117. The Kier molecular flexibility index (Phi) is 3.02. The SMILES string of the molecule is Cc1cccc(N2C(=O)Cn3c2nc2c3c(=O)n(C)c(=O)n2C)c1C. The van der Waals surface area contributed by atoms with E-state index in [0.29, 0.717) is 5.95 Å². The van der Waals surface area contributed by atoms with Crippen molar-refractivity contribution in [3.8, 4) is 0 Å². The van der Waals surface area contributed by atoms with Gasteiger partial charge in [0.1, 0.15) is 6.54 Å². The molecule has 25 heavy (non-hydrogen) atoms. The summed E-state index contributed by atoms with van der Waals surface area (Å²) >= 11 is 0. The van der Waals surface area contributed by atoms with Crippen LogP contribution in [0.1, 0.15) is 11.1 Å². The van der Waals surface area contributed by atoms with Gasteiger partial charge in [-0.15, -0.1) is 0 Å². The molecule has 8 nitrogen and oxygen atoms in total. The topological polar surface area (TPSA) is 82.1 Å². The van der Waals surface area contributed by atoms with Gasteiger partial charge in [-0.25, -0.2) is 9.69 Å². The molecule has 8 heteroatoms. The Morgan fingerprint density at radius 3 is 2.48 bits per heavy atom. The summed E-state index contributed by atoms with van der Waals surface area (Å²) in [5.74, 6) is 0.209. The minimum atomic E-state index is -0.451. The first-order valence-corrected chi connectivity index (χ1v) is 7.88. The molecule has 0 saturated heterocycles. The highest BCUT2D eigenvalue weighted by molar-refractivity contribution is 6.04. The van der Waals surface area contributed by atoms with Gasteiger partial charge in [0.05, 0.1) is 5.69 Å². The lowest BCUT2D eigenvalue weighted by Gasteiger charge is -2.18. The largest absolute Gasteiger partial charge is 0.332 e. The molecule has 0 unspecified atom stereocenters. The summed E-state index contributed by atoms with van der Waals surface area (Å²) in [4.78, 5) is 43.3. The van der Waals surface area contributed by atoms with Crippen LogP contribution < -0.4 is 16.1 Å². The maximum absolute atomic E-state index is 12.6. The van der Waals surface area contributed by atoms with E-state index in [-0.39, 0.29) is 23.6 Å². The molecule has 0 bridgehead atoms. The second kappa shape index (κ2) is 4.92. The van der Waals surface area contributed by atoms with Crippen LogP contribution in [0.4, 0.5) is 11.6 Å². The Hall–Kier alpha value is -3.16. The average Bonchev–Trinajstić information content (AvgIpc) is 3.08. The van der Waals surface area contributed by atoms with E-state index < -0.39 is 11.2 Å². The first-order chi connectivity index (χ1) is 11.8. The number of aryl methyl sites for hydroxylation is 2. The van der Waals surface area contributed by atoms with Crippen molar-refractivity contribution in [2.45, 2.75) is 20.4 Å². The predicted molar refractivity (Wildman–Crippen MR) is 93.3 cm³/mol. The van der Waals surface area contributed by atoms with Crippen LogP contribution in [0, 0.1) is 13.8 Å². The molecule has 0 radical (unpaired) electrons. The van der Waals surface area contributed by atoms with Gasteiger partial charge in [-0.05, 0) is 31.0 Å². The molecule has 0 atom stereocenters. The van der Waals surface area contributed by atoms with Crippen LogP contribution >= 0.6 is 0 Å². The zero-order chi connectivity index (χ0) is 18.0. The Balaban J connectivity index is 2.07. The summed E-state index contributed by atoms with van der Waals surface area (Å²) < 4.78 is 3.94. The van der Waals surface area contributed by atoms with Crippen LogP contribution in [0.5, 0.6) is 0 Å². The fourth-order valence-corrected chi connectivity index (χ4v) is 3.29. The van der Waals surface area contributed by atoms with Crippen LogP contribution in [0.25, 0.3) is 11.2 Å². The van der Waals surface area contributed by atoms with Gasteiger partial charge in [0.15, 0.2) is 11.2 Å². The van der Waals surface area contributed by atoms with E-state index in [1.165, 1.54) is 16.5 Å². The summed E-state index contributed by atoms with van der Waals surface area (Å²) in [5, 5.41) is 0. The van der Waals surface area contributed by atoms with Gasteiger partial charge in [0.25, 0.3) is 11.5 Å². The molecule has 0 spiro atoms. The third-order valence-electron chi connectivity index (χ3n) is 4.89. The second-order valence-electron chi connectivity index (χ2n) is 6.32. The first-order valence-electron chi connectivity index (χ1n) is 7.88. The van der Waals surface area contributed by atoms with Crippen molar-refractivity contribution >= 4 is 28.7 Å². The second-order valence-corrected chi connectivity index (χ2v) is 6.32. The van der Waals surface area contributed by atoms with Crippen LogP contribution in [-0.4, -0.2) is 24.6 Å². The Bertz CT molecular complexity index is 1180. The average molecular weight is 339 g/mol. The van der Waals surface area contributed by atoms with Crippen LogP contribution in [0.15, 0.2) is 27.8 Å². The van der Waals surface area contributed by atoms with Gasteiger partial charge in [-0.2, -0.15) is 4.98 Å². The van der Waals surface area contributed by atoms with E-state index in [0.717, 1.165) is 21.4 Å². The van der Waals surface area contributed by atoms with Gasteiger partial charge in [-0.3, -0.25) is 23.3 Å². The van der Waals surface area contributed by atoms with E-state index in [2.05, 4.69) is 4.98 Å². The third-order valence-corrected chi connectivity index (χ3v) is 4.89.